The van der Waals surface area contributed by atoms with Crippen LogP contribution in [0.1, 0.15) is 0 Å². The molecule has 0 unspecified atom stereocenters. The average molecular weight is 246 g/mol. The van der Waals surface area contributed by atoms with Crippen LogP contribution < -0.4 is 15.4 Å². The van der Waals surface area contributed by atoms with Crippen molar-refractivity contribution in [2.45, 2.75) is 0 Å². The molecule has 0 saturated heterocycles. The van der Waals surface area contributed by atoms with Crippen LogP contribution in [-0.4, -0.2) is 13.8 Å². The summed E-state index contributed by atoms with van der Waals surface area (Å²) in [5.74, 6) is 0.410. The summed E-state index contributed by atoms with van der Waals surface area (Å²) in [4.78, 5) is 1.79. The standard InChI is InChI=1S/C14H15FN2O/c1-18-14-8-3-2-7-13(14)17(10-16)12-6-4-5-11(15)9-12/h2-9H,10,16H2,1H3. The number of rotatable bonds is 4. The zero-order chi connectivity index (χ0) is 13.0. The van der Waals surface area contributed by atoms with Crippen molar-refractivity contribution in [3.8, 4) is 5.75 Å². The Labute approximate surface area is 106 Å². The maximum Gasteiger partial charge on any atom is 0.142 e. The summed E-state index contributed by atoms with van der Waals surface area (Å²) in [7, 11) is 1.60. The minimum atomic E-state index is -0.291. The van der Waals surface area contributed by atoms with E-state index in [-0.39, 0.29) is 12.5 Å². The van der Waals surface area contributed by atoms with Crippen molar-refractivity contribution < 1.29 is 9.13 Å². The molecule has 2 aromatic carbocycles. The minimum Gasteiger partial charge on any atom is -0.495 e. The molecule has 0 aliphatic rings. The van der Waals surface area contributed by atoms with E-state index in [0.29, 0.717) is 11.4 Å². The van der Waals surface area contributed by atoms with Gasteiger partial charge in [0.2, 0.25) is 0 Å². The molecule has 2 aromatic rings. The van der Waals surface area contributed by atoms with Gasteiger partial charge in [-0.25, -0.2) is 4.39 Å². The molecule has 0 bridgehead atoms. The highest BCUT2D eigenvalue weighted by atomic mass is 19.1. The number of nitrogens with zero attached hydrogens (tertiary/aromatic N) is 1. The number of hydrogen-bond donors (Lipinski definition) is 1. The van der Waals surface area contributed by atoms with Crippen LogP contribution in [0.25, 0.3) is 0 Å². The summed E-state index contributed by atoms with van der Waals surface area (Å²) < 4.78 is 18.6. The smallest absolute Gasteiger partial charge is 0.142 e. The van der Waals surface area contributed by atoms with E-state index in [1.807, 2.05) is 30.3 Å². The van der Waals surface area contributed by atoms with Crippen molar-refractivity contribution in [2.75, 3.05) is 18.7 Å². The topological polar surface area (TPSA) is 38.5 Å². The van der Waals surface area contributed by atoms with E-state index in [2.05, 4.69) is 0 Å². The molecule has 0 aliphatic carbocycles. The molecule has 94 valence electrons. The summed E-state index contributed by atoms with van der Waals surface area (Å²) in [6.45, 7) is 0.240. The zero-order valence-electron chi connectivity index (χ0n) is 10.1. The fraction of sp³-hybridized carbons (Fsp3) is 0.143. The summed E-state index contributed by atoms with van der Waals surface area (Å²) in [5.41, 5.74) is 7.27. The van der Waals surface area contributed by atoms with Crippen molar-refractivity contribution in [3.63, 3.8) is 0 Å². The molecule has 0 fully saturated rings. The number of para-hydroxylation sites is 2. The molecular formula is C14H15FN2O. The molecular weight excluding hydrogens is 231 g/mol. The van der Waals surface area contributed by atoms with Crippen molar-refractivity contribution in [1.82, 2.24) is 0 Å². The van der Waals surface area contributed by atoms with Gasteiger partial charge in [-0.1, -0.05) is 18.2 Å². The Balaban J connectivity index is 2.45. The van der Waals surface area contributed by atoms with Crippen molar-refractivity contribution in [3.05, 3.63) is 54.3 Å². The predicted molar refractivity (Wildman–Crippen MR) is 70.6 cm³/mol. The average Bonchev–Trinajstić information content (AvgIpc) is 2.40. The summed E-state index contributed by atoms with van der Waals surface area (Å²) in [6, 6.07) is 13.8. The van der Waals surface area contributed by atoms with Crippen LogP contribution in [0, 0.1) is 5.82 Å². The molecule has 0 heterocycles. The van der Waals surface area contributed by atoms with Gasteiger partial charge in [0, 0.05) is 5.69 Å². The number of benzene rings is 2. The second-order valence-corrected chi connectivity index (χ2v) is 3.76. The van der Waals surface area contributed by atoms with E-state index >= 15 is 0 Å². The van der Waals surface area contributed by atoms with Crippen LogP contribution in [0.2, 0.25) is 0 Å². The van der Waals surface area contributed by atoms with Gasteiger partial charge in [0.1, 0.15) is 11.6 Å². The molecule has 0 radical (unpaired) electrons. The zero-order valence-corrected chi connectivity index (χ0v) is 10.1. The number of nitrogens with two attached hydrogens (primary N) is 1. The third-order valence-electron chi connectivity index (χ3n) is 2.68. The maximum absolute atomic E-state index is 13.3. The highest BCUT2D eigenvalue weighted by Crippen LogP contribution is 2.32. The van der Waals surface area contributed by atoms with Crippen LogP contribution >= 0.6 is 0 Å². The second-order valence-electron chi connectivity index (χ2n) is 3.76. The Kier molecular flexibility index (Phi) is 3.79. The highest BCUT2D eigenvalue weighted by molar-refractivity contribution is 5.69. The number of halogens is 1. The van der Waals surface area contributed by atoms with E-state index in [9.17, 15) is 4.39 Å². The molecule has 0 saturated carbocycles. The van der Waals surface area contributed by atoms with Crippen LogP contribution in [0.3, 0.4) is 0 Å². The molecule has 0 aromatic heterocycles. The van der Waals surface area contributed by atoms with E-state index in [4.69, 9.17) is 10.5 Å². The van der Waals surface area contributed by atoms with Crippen LogP contribution in [0.5, 0.6) is 5.75 Å². The van der Waals surface area contributed by atoms with Gasteiger partial charge in [-0.2, -0.15) is 0 Å². The van der Waals surface area contributed by atoms with E-state index in [1.54, 1.807) is 18.1 Å². The Morgan fingerprint density at radius 3 is 2.61 bits per heavy atom. The Morgan fingerprint density at radius 1 is 1.17 bits per heavy atom. The normalized spacial score (nSPS) is 10.2. The quantitative estimate of drug-likeness (QED) is 0.843. The second kappa shape index (κ2) is 5.51. The maximum atomic E-state index is 13.3. The number of ether oxygens (including phenoxy) is 1. The lowest BCUT2D eigenvalue weighted by Crippen LogP contribution is -2.25. The fourth-order valence-electron chi connectivity index (χ4n) is 1.84. The lowest BCUT2D eigenvalue weighted by molar-refractivity contribution is 0.415. The van der Waals surface area contributed by atoms with Gasteiger partial charge in [-0.15, -0.1) is 0 Å². The minimum absolute atomic E-state index is 0.240. The highest BCUT2D eigenvalue weighted by Gasteiger charge is 2.12. The van der Waals surface area contributed by atoms with Gasteiger partial charge in [0.15, 0.2) is 0 Å². The first-order valence-corrected chi connectivity index (χ1v) is 5.62. The monoisotopic (exact) mass is 246 g/mol. The van der Waals surface area contributed by atoms with Gasteiger partial charge in [0.05, 0.1) is 19.5 Å². The number of methoxy groups -OCH3 is 1. The summed E-state index contributed by atoms with van der Waals surface area (Å²) in [5, 5.41) is 0. The number of anilines is 2. The molecule has 2 rings (SSSR count). The Hall–Kier alpha value is -2.07. The predicted octanol–water partition coefficient (Wildman–Crippen LogP) is 2.89. The molecule has 18 heavy (non-hydrogen) atoms. The summed E-state index contributed by atoms with van der Waals surface area (Å²) in [6.07, 6.45) is 0. The van der Waals surface area contributed by atoms with Crippen molar-refractivity contribution in [1.29, 1.82) is 0 Å². The third kappa shape index (κ3) is 2.43. The van der Waals surface area contributed by atoms with Gasteiger partial charge in [-0.3, -0.25) is 0 Å². The molecule has 0 atom stereocenters. The summed E-state index contributed by atoms with van der Waals surface area (Å²) >= 11 is 0. The first-order chi connectivity index (χ1) is 8.76. The molecule has 0 amide bonds. The van der Waals surface area contributed by atoms with Gasteiger partial charge in [-0.05, 0) is 30.3 Å². The first-order valence-electron chi connectivity index (χ1n) is 5.62. The SMILES string of the molecule is COc1ccccc1N(CN)c1cccc(F)c1. The molecule has 2 N–H and O–H groups in total. The van der Waals surface area contributed by atoms with Crippen LogP contribution in [-0.2, 0) is 0 Å². The van der Waals surface area contributed by atoms with Gasteiger partial charge >= 0.3 is 0 Å². The molecule has 4 heteroatoms. The largest absolute Gasteiger partial charge is 0.495 e. The fourth-order valence-corrected chi connectivity index (χ4v) is 1.84. The van der Waals surface area contributed by atoms with Crippen LogP contribution in [0.15, 0.2) is 48.5 Å². The molecule has 0 spiro atoms. The van der Waals surface area contributed by atoms with Crippen molar-refractivity contribution >= 4 is 11.4 Å². The molecule has 3 nitrogen and oxygen atoms in total. The lowest BCUT2D eigenvalue weighted by atomic mass is 10.2. The van der Waals surface area contributed by atoms with Crippen LogP contribution in [0.4, 0.5) is 15.8 Å². The van der Waals surface area contributed by atoms with Crippen molar-refractivity contribution in [2.24, 2.45) is 5.73 Å². The van der Waals surface area contributed by atoms with Gasteiger partial charge < -0.3 is 15.4 Å². The van der Waals surface area contributed by atoms with E-state index in [0.717, 1.165) is 5.69 Å². The Morgan fingerprint density at radius 2 is 1.94 bits per heavy atom. The van der Waals surface area contributed by atoms with E-state index in [1.165, 1.54) is 12.1 Å². The lowest BCUT2D eigenvalue weighted by Gasteiger charge is -2.24. The van der Waals surface area contributed by atoms with E-state index < -0.39 is 0 Å². The third-order valence-corrected chi connectivity index (χ3v) is 2.68. The first kappa shape index (κ1) is 12.4. The molecule has 0 aliphatic heterocycles. The Bertz CT molecular complexity index is 531. The number of hydrogen-bond acceptors (Lipinski definition) is 3. The van der Waals surface area contributed by atoms with Gasteiger partial charge in [0.25, 0.3) is 0 Å².